The number of aromatic nitrogens is 3. The molecule has 156 valence electrons. The van der Waals surface area contributed by atoms with Crippen LogP contribution >= 0.6 is 11.3 Å². The smallest absolute Gasteiger partial charge is 0.253 e. The van der Waals surface area contributed by atoms with Crippen LogP contribution in [0.15, 0.2) is 42.0 Å². The summed E-state index contributed by atoms with van der Waals surface area (Å²) in [6.45, 7) is 5.37. The van der Waals surface area contributed by atoms with Crippen molar-refractivity contribution in [2.24, 2.45) is 0 Å². The predicted molar refractivity (Wildman–Crippen MR) is 116 cm³/mol. The van der Waals surface area contributed by atoms with Crippen molar-refractivity contribution >= 4 is 23.2 Å². The summed E-state index contributed by atoms with van der Waals surface area (Å²) in [7, 11) is 0. The number of carbonyl (C=O) groups excluding carboxylic acids is 2. The summed E-state index contributed by atoms with van der Waals surface area (Å²) < 4.78 is 2.10. The number of carbonyl (C=O) groups is 2. The van der Waals surface area contributed by atoms with Gasteiger partial charge in [0.05, 0.1) is 12.1 Å². The van der Waals surface area contributed by atoms with E-state index in [1.807, 2.05) is 24.1 Å². The lowest BCUT2D eigenvalue weighted by Crippen LogP contribution is -2.46. The zero-order chi connectivity index (χ0) is 21.1. The van der Waals surface area contributed by atoms with Gasteiger partial charge >= 0.3 is 0 Å². The SMILES string of the molecule is Cc1ccc(C)n1-c1nc(CC(=O)NC2CCN(C(=O)c3ccncc3)CC2)cs1. The molecule has 0 spiro atoms. The summed E-state index contributed by atoms with van der Waals surface area (Å²) in [5.41, 5.74) is 3.70. The molecule has 1 N–H and O–H groups in total. The van der Waals surface area contributed by atoms with Crippen LogP contribution in [0.3, 0.4) is 0 Å². The number of nitrogens with zero attached hydrogens (tertiary/aromatic N) is 4. The predicted octanol–water partition coefficient (Wildman–Crippen LogP) is 2.91. The lowest BCUT2D eigenvalue weighted by atomic mass is 10.0. The highest BCUT2D eigenvalue weighted by molar-refractivity contribution is 7.12. The van der Waals surface area contributed by atoms with E-state index < -0.39 is 0 Å². The van der Waals surface area contributed by atoms with Crippen LogP contribution in [0.4, 0.5) is 0 Å². The highest BCUT2D eigenvalue weighted by Crippen LogP contribution is 2.21. The maximum atomic E-state index is 12.5. The largest absolute Gasteiger partial charge is 0.353 e. The van der Waals surface area contributed by atoms with Crippen molar-refractivity contribution in [1.29, 1.82) is 0 Å². The van der Waals surface area contributed by atoms with Gasteiger partial charge in [-0.15, -0.1) is 11.3 Å². The molecule has 8 heteroatoms. The Hall–Kier alpha value is -3.00. The summed E-state index contributed by atoms with van der Waals surface area (Å²) in [6, 6.07) is 7.68. The number of aryl methyl sites for hydroxylation is 2. The van der Waals surface area contributed by atoms with Gasteiger partial charge in [0.2, 0.25) is 5.91 Å². The minimum absolute atomic E-state index is 0.0211. The van der Waals surface area contributed by atoms with Crippen molar-refractivity contribution in [3.63, 3.8) is 0 Å². The van der Waals surface area contributed by atoms with Crippen molar-refractivity contribution in [3.05, 3.63) is 64.7 Å². The number of rotatable bonds is 5. The second-order valence-electron chi connectivity index (χ2n) is 7.62. The molecule has 7 nitrogen and oxygen atoms in total. The van der Waals surface area contributed by atoms with E-state index in [0.29, 0.717) is 18.7 Å². The molecule has 1 fully saturated rings. The molecular weight excluding hydrogens is 398 g/mol. The highest BCUT2D eigenvalue weighted by atomic mass is 32.1. The first kappa shape index (κ1) is 20.3. The van der Waals surface area contributed by atoms with Crippen LogP contribution < -0.4 is 5.32 Å². The van der Waals surface area contributed by atoms with Gasteiger partial charge in [-0.05, 0) is 51.0 Å². The molecule has 1 saturated heterocycles. The third kappa shape index (κ3) is 4.43. The van der Waals surface area contributed by atoms with Gasteiger partial charge in [-0.2, -0.15) is 0 Å². The third-order valence-electron chi connectivity index (χ3n) is 5.42. The Morgan fingerprint density at radius 3 is 2.43 bits per heavy atom. The van der Waals surface area contributed by atoms with Gasteiger partial charge in [0, 0.05) is 53.9 Å². The number of nitrogens with one attached hydrogen (secondary N) is 1. The van der Waals surface area contributed by atoms with E-state index >= 15 is 0 Å². The molecule has 0 bridgehead atoms. The zero-order valence-corrected chi connectivity index (χ0v) is 18.0. The lowest BCUT2D eigenvalue weighted by Gasteiger charge is -2.32. The Labute approximate surface area is 179 Å². The first-order valence-electron chi connectivity index (χ1n) is 10.1. The highest BCUT2D eigenvalue weighted by Gasteiger charge is 2.24. The first-order chi connectivity index (χ1) is 14.5. The van der Waals surface area contributed by atoms with Crippen LogP contribution in [-0.2, 0) is 11.2 Å². The zero-order valence-electron chi connectivity index (χ0n) is 17.2. The van der Waals surface area contributed by atoms with Gasteiger partial charge < -0.3 is 10.2 Å². The Morgan fingerprint density at radius 1 is 1.10 bits per heavy atom. The van der Waals surface area contributed by atoms with Gasteiger partial charge in [0.15, 0.2) is 5.13 Å². The molecule has 3 aromatic rings. The number of hydrogen-bond donors (Lipinski definition) is 1. The van der Waals surface area contributed by atoms with Crippen LogP contribution in [-0.4, -0.2) is 50.4 Å². The van der Waals surface area contributed by atoms with Crippen LogP contribution in [0.2, 0.25) is 0 Å². The standard InChI is InChI=1S/C22H25N5O2S/c1-15-3-4-16(2)27(15)22-25-19(14-30-22)13-20(28)24-18-7-11-26(12-8-18)21(29)17-5-9-23-10-6-17/h3-6,9-10,14,18H,7-8,11-13H2,1-2H3,(H,24,28). The molecule has 1 aliphatic rings. The minimum Gasteiger partial charge on any atom is -0.353 e. The fourth-order valence-electron chi connectivity index (χ4n) is 3.80. The van der Waals surface area contributed by atoms with Crippen LogP contribution in [0.1, 0.15) is 40.3 Å². The van der Waals surface area contributed by atoms with Crippen LogP contribution in [0.25, 0.3) is 5.13 Å². The molecule has 0 aromatic carbocycles. The van der Waals surface area contributed by atoms with Gasteiger partial charge in [-0.1, -0.05) is 0 Å². The first-order valence-corrected chi connectivity index (χ1v) is 11.0. The second kappa shape index (κ2) is 8.79. The molecule has 0 saturated carbocycles. The Bertz CT molecular complexity index is 1020. The molecule has 30 heavy (non-hydrogen) atoms. The molecule has 2 amide bonds. The van der Waals surface area contributed by atoms with Crippen LogP contribution in [0.5, 0.6) is 0 Å². The molecule has 0 atom stereocenters. The molecule has 3 aromatic heterocycles. The summed E-state index contributed by atoms with van der Waals surface area (Å²) in [4.78, 5) is 35.5. The summed E-state index contributed by atoms with van der Waals surface area (Å²) in [6.07, 6.45) is 5.04. The van der Waals surface area contributed by atoms with E-state index in [-0.39, 0.29) is 24.3 Å². The number of thiazole rings is 1. The molecule has 0 radical (unpaired) electrons. The van der Waals surface area contributed by atoms with Gasteiger partial charge in [0.1, 0.15) is 0 Å². The molecule has 1 aliphatic heterocycles. The normalized spacial score (nSPS) is 14.7. The number of amides is 2. The third-order valence-corrected chi connectivity index (χ3v) is 6.29. The summed E-state index contributed by atoms with van der Waals surface area (Å²) >= 11 is 1.55. The number of pyridine rings is 1. The van der Waals surface area contributed by atoms with Crippen molar-refractivity contribution in [2.45, 2.75) is 39.2 Å². The average molecular weight is 424 g/mol. The number of likely N-dealkylation sites (tertiary alicyclic amines) is 1. The number of piperidine rings is 1. The maximum Gasteiger partial charge on any atom is 0.253 e. The Balaban J connectivity index is 1.28. The van der Waals surface area contributed by atoms with E-state index in [2.05, 4.69) is 32.0 Å². The summed E-state index contributed by atoms with van der Waals surface area (Å²) in [5, 5.41) is 5.94. The van der Waals surface area contributed by atoms with Crippen molar-refractivity contribution in [3.8, 4) is 5.13 Å². The molecule has 4 heterocycles. The van der Waals surface area contributed by atoms with Gasteiger partial charge in [0.25, 0.3) is 5.91 Å². The topological polar surface area (TPSA) is 80.1 Å². The quantitative estimate of drug-likeness (QED) is 0.684. The Kier molecular flexibility index (Phi) is 5.94. The van der Waals surface area contributed by atoms with Crippen LogP contribution in [0, 0.1) is 13.8 Å². The van der Waals surface area contributed by atoms with Gasteiger partial charge in [-0.25, -0.2) is 4.98 Å². The number of hydrogen-bond acceptors (Lipinski definition) is 5. The fraction of sp³-hybridized carbons (Fsp3) is 0.364. The lowest BCUT2D eigenvalue weighted by molar-refractivity contribution is -0.121. The maximum absolute atomic E-state index is 12.5. The van der Waals surface area contributed by atoms with E-state index in [0.717, 1.165) is 35.1 Å². The van der Waals surface area contributed by atoms with Crippen molar-refractivity contribution in [1.82, 2.24) is 24.8 Å². The van der Waals surface area contributed by atoms with E-state index in [4.69, 9.17) is 0 Å². The average Bonchev–Trinajstić information content (AvgIpc) is 3.34. The molecule has 0 unspecified atom stereocenters. The van der Waals surface area contributed by atoms with E-state index in [9.17, 15) is 9.59 Å². The molecule has 0 aliphatic carbocycles. The second-order valence-corrected chi connectivity index (χ2v) is 8.46. The van der Waals surface area contributed by atoms with Gasteiger partial charge in [-0.3, -0.25) is 19.1 Å². The molecular formula is C22H25N5O2S. The Morgan fingerprint density at radius 2 is 1.77 bits per heavy atom. The van der Waals surface area contributed by atoms with E-state index in [1.54, 1.807) is 35.9 Å². The summed E-state index contributed by atoms with van der Waals surface area (Å²) in [5.74, 6) is -0.000474. The minimum atomic E-state index is -0.0216. The van der Waals surface area contributed by atoms with Crippen molar-refractivity contribution in [2.75, 3.05) is 13.1 Å². The van der Waals surface area contributed by atoms with Crippen molar-refractivity contribution < 1.29 is 9.59 Å². The van der Waals surface area contributed by atoms with E-state index in [1.165, 1.54) is 0 Å². The molecule has 4 rings (SSSR count). The fourth-order valence-corrected chi connectivity index (χ4v) is 4.74. The monoisotopic (exact) mass is 423 g/mol.